The maximum atomic E-state index is 12.7. The molecule has 1 amide bonds. The van der Waals surface area contributed by atoms with Crippen LogP contribution in [0.1, 0.15) is 37.8 Å². The number of esters is 1. The van der Waals surface area contributed by atoms with E-state index in [2.05, 4.69) is 5.32 Å². The highest BCUT2D eigenvalue weighted by atomic mass is 16.6. The van der Waals surface area contributed by atoms with Crippen LogP contribution >= 0.6 is 0 Å². The average Bonchev–Trinajstić information content (AvgIpc) is 2.70. The van der Waals surface area contributed by atoms with E-state index >= 15 is 0 Å². The molecule has 2 rings (SSSR count). The Hall–Kier alpha value is -2.66. The van der Waals surface area contributed by atoms with Gasteiger partial charge >= 0.3 is 5.97 Å². The minimum atomic E-state index is -1.97. The normalized spacial score (nSPS) is 11.2. The van der Waals surface area contributed by atoms with Crippen LogP contribution in [0.3, 0.4) is 0 Å². The van der Waals surface area contributed by atoms with Crippen molar-refractivity contribution < 1.29 is 19.4 Å². The van der Waals surface area contributed by atoms with Crippen LogP contribution in [0.5, 0.6) is 0 Å². The van der Waals surface area contributed by atoms with Crippen molar-refractivity contribution in [3.8, 4) is 0 Å². The Bertz CT molecular complexity index is 672. The molecule has 5 nitrogen and oxygen atoms in total. The lowest BCUT2D eigenvalue weighted by molar-refractivity contribution is -0.164. The van der Waals surface area contributed by atoms with E-state index < -0.39 is 18.2 Å². The number of amides is 1. The molecule has 0 radical (unpaired) electrons. The number of hydrogen-bond acceptors (Lipinski definition) is 4. The number of carbonyl (C=O) groups is 2. The van der Waals surface area contributed by atoms with Crippen molar-refractivity contribution in [1.29, 1.82) is 0 Å². The van der Waals surface area contributed by atoms with Gasteiger partial charge in [-0.3, -0.25) is 4.79 Å². The smallest absolute Gasteiger partial charge is 0.348 e. The molecule has 2 N–H and O–H groups in total. The third-order valence-electron chi connectivity index (χ3n) is 4.36. The first kappa shape index (κ1) is 19.7. The number of aliphatic hydroxyl groups is 1. The quantitative estimate of drug-likeness (QED) is 0.714. The van der Waals surface area contributed by atoms with Gasteiger partial charge in [0.2, 0.25) is 5.60 Å². The summed E-state index contributed by atoms with van der Waals surface area (Å²) in [5, 5.41) is 14.0. The van der Waals surface area contributed by atoms with Gasteiger partial charge in [0.05, 0.1) is 0 Å². The molecule has 0 atom stereocenters. The monoisotopic (exact) mass is 355 g/mol. The minimum Gasteiger partial charge on any atom is -0.453 e. The van der Waals surface area contributed by atoms with Crippen LogP contribution in [0.25, 0.3) is 0 Å². The maximum Gasteiger partial charge on any atom is 0.348 e. The molecule has 0 aliphatic rings. The molecule has 0 spiro atoms. The van der Waals surface area contributed by atoms with E-state index in [4.69, 9.17) is 4.74 Å². The maximum absolute atomic E-state index is 12.7. The van der Waals surface area contributed by atoms with E-state index in [-0.39, 0.29) is 11.9 Å². The number of ether oxygens (including phenoxy) is 1. The highest BCUT2D eigenvalue weighted by molar-refractivity contribution is 5.88. The molecule has 5 heteroatoms. The third-order valence-corrected chi connectivity index (χ3v) is 4.36. The fourth-order valence-corrected chi connectivity index (χ4v) is 2.76. The fourth-order valence-electron chi connectivity index (χ4n) is 2.76. The standard InChI is InChI=1S/C21H25NO4/c1-3-18(4-2)22-19(23)15-26-20(24)21(25,16-11-7-5-8-12-16)17-13-9-6-10-14-17/h5-14,18,25H,3-4,15H2,1-2H3,(H,22,23). The lowest BCUT2D eigenvalue weighted by Gasteiger charge is -2.27. The van der Waals surface area contributed by atoms with Crippen molar-refractivity contribution in [3.05, 3.63) is 71.8 Å². The minimum absolute atomic E-state index is 0.0448. The molecule has 0 saturated carbocycles. The molecule has 0 heterocycles. The molecule has 0 fully saturated rings. The lowest BCUT2D eigenvalue weighted by Crippen LogP contribution is -2.42. The van der Waals surface area contributed by atoms with E-state index in [1.54, 1.807) is 60.7 Å². The summed E-state index contributed by atoms with van der Waals surface area (Å²) in [4.78, 5) is 24.7. The summed E-state index contributed by atoms with van der Waals surface area (Å²) in [7, 11) is 0. The molecular weight excluding hydrogens is 330 g/mol. The molecule has 0 saturated heterocycles. The number of benzene rings is 2. The predicted molar refractivity (Wildman–Crippen MR) is 99.4 cm³/mol. The number of rotatable bonds is 8. The van der Waals surface area contributed by atoms with Crippen molar-refractivity contribution in [2.45, 2.75) is 38.3 Å². The van der Waals surface area contributed by atoms with Crippen molar-refractivity contribution >= 4 is 11.9 Å². The Labute approximate surface area is 154 Å². The van der Waals surface area contributed by atoms with Gasteiger partial charge in [0.1, 0.15) is 0 Å². The number of nitrogens with one attached hydrogen (secondary N) is 1. The molecule has 0 unspecified atom stereocenters. The van der Waals surface area contributed by atoms with Crippen molar-refractivity contribution in [1.82, 2.24) is 5.32 Å². The fraction of sp³-hybridized carbons (Fsp3) is 0.333. The summed E-state index contributed by atoms with van der Waals surface area (Å²) < 4.78 is 5.17. The zero-order valence-corrected chi connectivity index (χ0v) is 15.1. The average molecular weight is 355 g/mol. The van der Waals surface area contributed by atoms with E-state index in [1.165, 1.54) is 0 Å². The van der Waals surface area contributed by atoms with Gasteiger partial charge in [0.25, 0.3) is 5.91 Å². The highest BCUT2D eigenvalue weighted by Gasteiger charge is 2.41. The van der Waals surface area contributed by atoms with Gasteiger partial charge in [-0.2, -0.15) is 0 Å². The lowest BCUT2D eigenvalue weighted by atomic mass is 9.86. The van der Waals surface area contributed by atoms with Crippen molar-refractivity contribution in [2.24, 2.45) is 0 Å². The van der Waals surface area contributed by atoms with Crippen LogP contribution in [-0.2, 0) is 19.9 Å². The van der Waals surface area contributed by atoms with Crippen LogP contribution in [0, 0.1) is 0 Å². The topological polar surface area (TPSA) is 75.6 Å². The van der Waals surface area contributed by atoms with Gasteiger partial charge in [0.15, 0.2) is 6.61 Å². The van der Waals surface area contributed by atoms with Crippen molar-refractivity contribution in [3.63, 3.8) is 0 Å². The van der Waals surface area contributed by atoms with Gasteiger partial charge in [-0.25, -0.2) is 4.79 Å². The Morgan fingerprint density at radius 3 is 1.85 bits per heavy atom. The van der Waals surface area contributed by atoms with E-state index in [0.29, 0.717) is 11.1 Å². The van der Waals surface area contributed by atoms with Crippen LogP contribution in [0.4, 0.5) is 0 Å². The molecule has 138 valence electrons. The summed E-state index contributed by atoms with van der Waals surface area (Å²) in [5.74, 6) is -1.26. The van der Waals surface area contributed by atoms with Gasteiger partial charge in [-0.05, 0) is 24.0 Å². The SMILES string of the molecule is CCC(CC)NC(=O)COC(=O)C(O)(c1ccccc1)c1ccccc1. The second-order valence-electron chi connectivity index (χ2n) is 6.10. The van der Waals surface area contributed by atoms with E-state index in [0.717, 1.165) is 12.8 Å². The first-order chi connectivity index (χ1) is 12.5. The van der Waals surface area contributed by atoms with Crippen LogP contribution in [0.2, 0.25) is 0 Å². The van der Waals surface area contributed by atoms with Gasteiger partial charge < -0.3 is 15.2 Å². The molecule has 0 aliphatic heterocycles. The summed E-state index contributed by atoms with van der Waals surface area (Å²) in [6.07, 6.45) is 1.60. The first-order valence-electron chi connectivity index (χ1n) is 8.82. The second kappa shape index (κ2) is 9.15. The van der Waals surface area contributed by atoms with Crippen LogP contribution in [-0.4, -0.2) is 29.6 Å². The third kappa shape index (κ3) is 4.49. The Morgan fingerprint density at radius 2 is 1.42 bits per heavy atom. The Balaban J connectivity index is 2.19. The number of hydrogen-bond donors (Lipinski definition) is 2. The summed E-state index contributed by atoms with van der Waals surface area (Å²) in [6.45, 7) is 3.52. The van der Waals surface area contributed by atoms with Gasteiger partial charge in [0, 0.05) is 6.04 Å². The first-order valence-corrected chi connectivity index (χ1v) is 8.82. The molecule has 0 bridgehead atoms. The van der Waals surface area contributed by atoms with Crippen molar-refractivity contribution in [2.75, 3.05) is 6.61 Å². The molecule has 2 aromatic rings. The zero-order chi connectivity index (χ0) is 19.0. The second-order valence-corrected chi connectivity index (χ2v) is 6.10. The molecule has 26 heavy (non-hydrogen) atoms. The summed E-state index contributed by atoms with van der Waals surface area (Å²) in [5.41, 5.74) is -1.20. The van der Waals surface area contributed by atoms with Crippen LogP contribution < -0.4 is 5.32 Å². The Kier molecular flexibility index (Phi) is 6.92. The molecule has 0 aliphatic carbocycles. The van der Waals surface area contributed by atoms with E-state index in [9.17, 15) is 14.7 Å². The predicted octanol–water partition coefficient (Wildman–Crippen LogP) is 2.77. The van der Waals surface area contributed by atoms with E-state index in [1.807, 2.05) is 13.8 Å². The highest BCUT2D eigenvalue weighted by Crippen LogP contribution is 2.30. The summed E-state index contributed by atoms with van der Waals surface area (Å²) in [6, 6.07) is 17.2. The Morgan fingerprint density at radius 1 is 0.962 bits per heavy atom. The number of carbonyl (C=O) groups excluding carboxylic acids is 2. The molecule has 2 aromatic carbocycles. The molecular formula is C21H25NO4. The largest absolute Gasteiger partial charge is 0.453 e. The van der Waals surface area contributed by atoms with Gasteiger partial charge in [-0.1, -0.05) is 74.5 Å². The summed E-state index contributed by atoms with van der Waals surface area (Å²) >= 11 is 0. The van der Waals surface area contributed by atoms with Gasteiger partial charge in [-0.15, -0.1) is 0 Å². The zero-order valence-electron chi connectivity index (χ0n) is 15.1. The van der Waals surface area contributed by atoms with Crippen LogP contribution in [0.15, 0.2) is 60.7 Å². The molecule has 0 aromatic heterocycles.